The van der Waals surface area contributed by atoms with E-state index in [1.807, 2.05) is 17.9 Å². The van der Waals surface area contributed by atoms with Crippen molar-refractivity contribution in [2.24, 2.45) is 5.92 Å². The van der Waals surface area contributed by atoms with E-state index in [4.69, 9.17) is 9.97 Å². The Morgan fingerprint density at radius 1 is 0.907 bits per heavy atom. The van der Waals surface area contributed by atoms with Crippen molar-refractivity contribution in [3.05, 3.63) is 71.4 Å². The molecule has 2 bridgehead atoms. The summed E-state index contributed by atoms with van der Waals surface area (Å²) in [6.07, 6.45) is 4.20. The molecule has 1 saturated heterocycles. The first-order chi connectivity index (χ1) is 26.2. The van der Waals surface area contributed by atoms with Gasteiger partial charge in [0.25, 0.3) is 0 Å². The highest BCUT2D eigenvalue weighted by atomic mass is 16.5. The lowest BCUT2D eigenvalue weighted by molar-refractivity contribution is -0.135. The number of aromatic amines is 2. The molecule has 54 heavy (non-hydrogen) atoms. The molecule has 4 N–H and O–H groups in total. The molecule has 8 rings (SSSR count). The molecule has 2 aliphatic carbocycles. The Morgan fingerprint density at radius 3 is 2.48 bits per heavy atom. The van der Waals surface area contributed by atoms with Gasteiger partial charge in [-0.2, -0.15) is 0 Å². The van der Waals surface area contributed by atoms with Crippen molar-refractivity contribution in [3.8, 4) is 22.4 Å². The summed E-state index contributed by atoms with van der Waals surface area (Å²) in [4.78, 5) is 70.0. The number of aryl methyl sites for hydroxylation is 2. The molecule has 2 aromatic heterocycles. The quantitative estimate of drug-likeness (QED) is 0.148. The molecule has 3 heterocycles. The fraction of sp³-hybridized carbons (Fsp3) is 0.400. The van der Waals surface area contributed by atoms with Crippen molar-refractivity contribution in [2.75, 3.05) is 33.9 Å². The Hall–Kier alpha value is -5.92. The van der Waals surface area contributed by atoms with Crippen LogP contribution in [0.4, 0.5) is 9.59 Å². The van der Waals surface area contributed by atoms with Gasteiger partial charge < -0.3 is 39.9 Å². The molecular formula is C40H44N8O6. The van der Waals surface area contributed by atoms with Gasteiger partial charge in [-0.15, -0.1) is 0 Å². The van der Waals surface area contributed by atoms with Gasteiger partial charge in [-0.05, 0) is 78.7 Å². The number of hydrogen-bond acceptors (Lipinski definition) is 8. The fourth-order valence-electron chi connectivity index (χ4n) is 8.64. The van der Waals surface area contributed by atoms with E-state index in [1.54, 1.807) is 4.90 Å². The Morgan fingerprint density at radius 2 is 1.69 bits per heavy atom. The molecule has 0 radical (unpaired) electrons. The van der Waals surface area contributed by atoms with Crippen LogP contribution in [0.1, 0.15) is 61.6 Å². The molecule has 0 unspecified atom stereocenters. The highest BCUT2D eigenvalue weighted by Crippen LogP contribution is 2.50. The number of carbonyl (C=O) groups is 4. The van der Waals surface area contributed by atoms with Gasteiger partial charge in [0.1, 0.15) is 24.7 Å². The van der Waals surface area contributed by atoms with Crippen molar-refractivity contribution in [1.29, 1.82) is 0 Å². The molecule has 5 aromatic rings. The number of nitrogens with one attached hydrogen (secondary N) is 4. The van der Waals surface area contributed by atoms with E-state index in [1.165, 1.54) is 19.8 Å². The number of hydrogen-bond donors (Lipinski definition) is 4. The third-order valence-electron chi connectivity index (χ3n) is 11.1. The van der Waals surface area contributed by atoms with E-state index in [0.717, 1.165) is 94.2 Å². The van der Waals surface area contributed by atoms with E-state index in [9.17, 15) is 19.2 Å². The summed E-state index contributed by atoms with van der Waals surface area (Å²) in [7, 11) is 2.55. The number of amides is 4. The Labute approximate surface area is 312 Å². The van der Waals surface area contributed by atoms with Gasteiger partial charge >= 0.3 is 12.2 Å². The van der Waals surface area contributed by atoms with Crippen molar-refractivity contribution in [1.82, 2.24) is 40.4 Å². The van der Waals surface area contributed by atoms with Crippen LogP contribution in [0.3, 0.4) is 0 Å². The normalized spacial score (nSPS) is 18.4. The Bertz CT molecular complexity index is 2280. The smallest absolute Gasteiger partial charge is 0.407 e. The standard InChI is InChI=1S/C40H44N8O6/c1-4-15-47(33(49)19-41-39(51)53-2)21-32-43-30-13-8-24-16-22(6-11-28(24)35(30)45-32)23-7-12-29-25(17-23)9-14-31-36(29)46-38(44-31)37-26-5-10-27(18-26)48(37)34(50)20-42-40(52)54-3/h6-8,11-13,16-17,26-27,37H,4-5,9-10,14-15,18-21H2,1-3H3,(H,41,51)(H,42,52)(H,43,45)(H,44,46)/t26-,27+,37-/m0/s1. The van der Waals surface area contributed by atoms with Crippen LogP contribution in [-0.4, -0.2) is 93.6 Å². The highest BCUT2D eigenvalue weighted by Gasteiger charge is 2.50. The van der Waals surface area contributed by atoms with E-state index in [-0.39, 0.29) is 37.0 Å². The molecular weight excluding hydrogens is 688 g/mol. The van der Waals surface area contributed by atoms with Crippen LogP contribution in [0.15, 0.2) is 48.5 Å². The fourth-order valence-corrected chi connectivity index (χ4v) is 8.64. The van der Waals surface area contributed by atoms with Crippen LogP contribution in [-0.2, 0) is 38.4 Å². The lowest BCUT2D eigenvalue weighted by Crippen LogP contribution is -2.45. The molecule has 0 spiro atoms. The third-order valence-corrected chi connectivity index (χ3v) is 11.1. The largest absolute Gasteiger partial charge is 0.453 e. The molecule has 14 nitrogen and oxygen atoms in total. The molecule has 1 saturated carbocycles. The minimum absolute atomic E-state index is 0.0975. The molecule has 3 aromatic carbocycles. The first-order valence-electron chi connectivity index (χ1n) is 18.6. The second-order valence-corrected chi connectivity index (χ2v) is 14.4. The van der Waals surface area contributed by atoms with Gasteiger partial charge in [0, 0.05) is 29.2 Å². The summed E-state index contributed by atoms with van der Waals surface area (Å²) in [5, 5.41) is 7.09. The number of fused-ring (bicyclic) bond motifs is 8. The number of imidazole rings is 2. The average molecular weight is 733 g/mol. The number of carbonyl (C=O) groups excluding carboxylic acids is 4. The second-order valence-electron chi connectivity index (χ2n) is 14.4. The number of likely N-dealkylation sites (tertiary alicyclic amines) is 1. The molecule has 14 heteroatoms. The lowest BCUT2D eigenvalue weighted by Gasteiger charge is -2.34. The Kier molecular flexibility index (Phi) is 9.42. The van der Waals surface area contributed by atoms with Crippen LogP contribution < -0.4 is 10.6 Å². The van der Waals surface area contributed by atoms with Crippen molar-refractivity contribution in [2.45, 2.75) is 64.1 Å². The average Bonchev–Trinajstić information content (AvgIpc) is 4.01. The number of H-pyrrole nitrogens is 2. The van der Waals surface area contributed by atoms with E-state index < -0.39 is 12.2 Å². The van der Waals surface area contributed by atoms with E-state index in [0.29, 0.717) is 24.8 Å². The minimum atomic E-state index is -0.646. The van der Waals surface area contributed by atoms with Crippen LogP contribution in [0.2, 0.25) is 0 Å². The first-order valence-corrected chi connectivity index (χ1v) is 18.6. The predicted octanol–water partition coefficient (Wildman–Crippen LogP) is 5.37. The maximum atomic E-state index is 13.3. The van der Waals surface area contributed by atoms with Crippen LogP contribution >= 0.6 is 0 Å². The van der Waals surface area contributed by atoms with Gasteiger partial charge in [-0.25, -0.2) is 19.6 Å². The van der Waals surface area contributed by atoms with Gasteiger partial charge in [0.05, 0.1) is 43.5 Å². The lowest BCUT2D eigenvalue weighted by atomic mass is 9.89. The van der Waals surface area contributed by atoms with Crippen molar-refractivity contribution in [3.63, 3.8) is 0 Å². The van der Waals surface area contributed by atoms with Gasteiger partial charge in [0.2, 0.25) is 11.8 Å². The number of aromatic nitrogens is 4. The van der Waals surface area contributed by atoms with Gasteiger partial charge in [0.15, 0.2) is 0 Å². The number of benzene rings is 3. The van der Waals surface area contributed by atoms with E-state index in [2.05, 4.69) is 72.5 Å². The summed E-state index contributed by atoms with van der Waals surface area (Å²) in [5.74, 6) is 1.52. The number of ether oxygens (including phenoxy) is 2. The van der Waals surface area contributed by atoms with Crippen LogP contribution in [0.25, 0.3) is 44.2 Å². The number of methoxy groups -OCH3 is 2. The maximum Gasteiger partial charge on any atom is 0.407 e. The molecule has 3 atom stereocenters. The summed E-state index contributed by atoms with van der Waals surface area (Å²) in [5.41, 5.74) is 8.35. The van der Waals surface area contributed by atoms with Gasteiger partial charge in [-0.1, -0.05) is 43.3 Å². The summed E-state index contributed by atoms with van der Waals surface area (Å²) in [6, 6.07) is 17.1. The summed E-state index contributed by atoms with van der Waals surface area (Å²) >= 11 is 0. The number of nitrogens with zero attached hydrogens (tertiary/aromatic N) is 4. The van der Waals surface area contributed by atoms with Crippen molar-refractivity contribution < 1.29 is 28.7 Å². The molecule has 1 aliphatic heterocycles. The van der Waals surface area contributed by atoms with Crippen LogP contribution in [0.5, 0.6) is 0 Å². The van der Waals surface area contributed by atoms with Crippen LogP contribution in [0, 0.1) is 5.92 Å². The topological polar surface area (TPSA) is 175 Å². The molecule has 280 valence electrons. The molecule has 2 fully saturated rings. The summed E-state index contributed by atoms with van der Waals surface area (Å²) < 4.78 is 9.26. The first kappa shape index (κ1) is 35.1. The third kappa shape index (κ3) is 6.49. The summed E-state index contributed by atoms with van der Waals surface area (Å²) in [6.45, 7) is 2.58. The minimum Gasteiger partial charge on any atom is -0.453 e. The highest BCUT2D eigenvalue weighted by molar-refractivity contribution is 6.05. The van der Waals surface area contributed by atoms with E-state index >= 15 is 0 Å². The predicted molar refractivity (Wildman–Crippen MR) is 201 cm³/mol. The maximum absolute atomic E-state index is 13.3. The monoisotopic (exact) mass is 732 g/mol. The molecule has 4 amide bonds. The zero-order valence-electron chi connectivity index (χ0n) is 30.7. The number of alkyl carbamates (subject to hydrolysis) is 2. The zero-order valence-corrected chi connectivity index (χ0v) is 30.7. The zero-order chi connectivity index (χ0) is 37.5. The number of piperidine rings is 1. The second kappa shape index (κ2) is 14.5. The van der Waals surface area contributed by atoms with Crippen molar-refractivity contribution >= 4 is 45.8 Å². The molecule has 3 aliphatic rings. The van der Waals surface area contributed by atoms with Gasteiger partial charge in [-0.3, -0.25) is 9.59 Å². The Balaban J connectivity index is 1.02. The number of rotatable bonds is 10. The SMILES string of the molecule is CCCN(Cc1nc2c(ccc3cc(-c4ccc5c(c4)CCc4[nH]c([C@@H]6[C@H]7CC[C@H](C7)N6C(=O)CNC(=O)OC)nc4-5)ccc32)[nH]1)C(=O)CNC(=O)OC.